The van der Waals surface area contributed by atoms with E-state index in [0.29, 0.717) is 14.7 Å². The molecular weight excluding hydrogens is 450 g/mol. The largest absolute Gasteiger partial charge is 0.481 e. The number of nitrogens with one attached hydrogen (secondary N) is 1. The maximum Gasteiger partial charge on any atom is 0.335 e. The van der Waals surface area contributed by atoms with E-state index in [1.54, 1.807) is 0 Å². The van der Waals surface area contributed by atoms with E-state index in [4.69, 9.17) is 9.84 Å². The Hall–Kier alpha value is -1.71. The van der Waals surface area contributed by atoms with Gasteiger partial charge in [0.2, 0.25) is 5.91 Å². The summed E-state index contributed by atoms with van der Waals surface area (Å²) in [7, 11) is 0. The lowest BCUT2D eigenvalue weighted by atomic mass is 9.82. The van der Waals surface area contributed by atoms with Gasteiger partial charge in [-0.15, -0.1) is 0 Å². The Morgan fingerprint density at radius 2 is 1.50 bits per heavy atom. The standard InChI is InChI=1S/C15H11Br2NO6/c16-9-10(17)12-8(15(22)23)7(11(9)24-12)13(19)18-6-3-1-5(2-4-6)14(20)21/h1-4,7-8,11-12H,(H,18,19)(H,20,21)(H,22,23)/t7-,8+,11+,12+/m0/s1. The molecule has 1 aromatic rings. The first-order valence-electron chi connectivity index (χ1n) is 6.89. The molecule has 0 aliphatic carbocycles. The number of carbonyl (C=O) groups excluding carboxylic acids is 1. The van der Waals surface area contributed by atoms with Crippen LogP contribution in [0.5, 0.6) is 0 Å². The van der Waals surface area contributed by atoms with Crippen molar-refractivity contribution in [3.05, 3.63) is 38.8 Å². The second kappa shape index (κ2) is 6.30. The number of hydrogen-bond acceptors (Lipinski definition) is 4. The second-order valence-electron chi connectivity index (χ2n) is 5.43. The summed E-state index contributed by atoms with van der Waals surface area (Å²) in [5.74, 6) is -4.55. The number of carbonyl (C=O) groups is 3. The summed E-state index contributed by atoms with van der Waals surface area (Å²) in [6, 6.07) is 5.62. The van der Waals surface area contributed by atoms with E-state index < -0.39 is 41.9 Å². The van der Waals surface area contributed by atoms with Crippen molar-refractivity contribution in [3.63, 3.8) is 0 Å². The zero-order valence-electron chi connectivity index (χ0n) is 11.9. The van der Waals surface area contributed by atoms with Crippen molar-refractivity contribution >= 4 is 55.4 Å². The molecule has 3 rings (SSSR count). The number of aliphatic carboxylic acids is 1. The maximum atomic E-state index is 12.6. The van der Waals surface area contributed by atoms with Gasteiger partial charge in [0.15, 0.2) is 0 Å². The van der Waals surface area contributed by atoms with Crippen LogP contribution in [0.15, 0.2) is 33.2 Å². The van der Waals surface area contributed by atoms with Crippen molar-refractivity contribution in [2.45, 2.75) is 12.2 Å². The fourth-order valence-corrected chi connectivity index (χ4v) is 4.15. The first-order chi connectivity index (χ1) is 11.3. The first-order valence-corrected chi connectivity index (χ1v) is 8.47. The molecule has 24 heavy (non-hydrogen) atoms. The van der Waals surface area contributed by atoms with Gasteiger partial charge in [0, 0.05) is 14.7 Å². The van der Waals surface area contributed by atoms with Crippen LogP contribution in [0.25, 0.3) is 0 Å². The fraction of sp³-hybridized carbons (Fsp3) is 0.267. The second-order valence-corrected chi connectivity index (χ2v) is 7.14. The lowest BCUT2D eigenvalue weighted by molar-refractivity contribution is -0.146. The Balaban J connectivity index is 1.81. The lowest BCUT2D eigenvalue weighted by Gasteiger charge is -2.24. The first kappa shape index (κ1) is 17.1. The van der Waals surface area contributed by atoms with Gasteiger partial charge < -0.3 is 20.3 Å². The number of ether oxygens (including phenoxy) is 1. The SMILES string of the molecule is O=C(O)c1ccc(NC(=O)[C@H]2[C@@H](C(=O)O)[C@H]3O[C@H]2C(Br)=C3Br)cc1. The smallest absolute Gasteiger partial charge is 0.335 e. The van der Waals surface area contributed by atoms with Crippen molar-refractivity contribution in [1.29, 1.82) is 0 Å². The van der Waals surface area contributed by atoms with Crippen LogP contribution in [-0.4, -0.2) is 40.3 Å². The molecule has 1 saturated heterocycles. The number of aromatic carboxylic acids is 1. The van der Waals surface area contributed by atoms with E-state index in [0.717, 1.165) is 0 Å². The maximum absolute atomic E-state index is 12.6. The van der Waals surface area contributed by atoms with Gasteiger partial charge in [-0.1, -0.05) is 31.9 Å². The highest BCUT2D eigenvalue weighted by Crippen LogP contribution is 2.51. The summed E-state index contributed by atoms with van der Waals surface area (Å²) in [5, 5.41) is 20.9. The van der Waals surface area contributed by atoms with E-state index in [1.165, 1.54) is 24.3 Å². The molecule has 0 unspecified atom stereocenters. The molecular formula is C15H11Br2NO6. The van der Waals surface area contributed by atoms with Crippen LogP contribution in [0, 0.1) is 11.8 Å². The molecule has 4 atom stereocenters. The van der Waals surface area contributed by atoms with Crippen LogP contribution >= 0.6 is 31.9 Å². The fourth-order valence-electron chi connectivity index (χ4n) is 2.92. The molecule has 1 aromatic carbocycles. The van der Waals surface area contributed by atoms with Crippen LogP contribution in [0.1, 0.15) is 10.4 Å². The molecule has 0 saturated carbocycles. The summed E-state index contributed by atoms with van der Waals surface area (Å²) in [4.78, 5) is 34.9. The molecule has 1 fully saturated rings. The number of carboxylic acid groups (broad SMARTS) is 2. The zero-order chi connectivity index (χ0) is 17.6. The molecule has 0 radical (unpaired) electrons. The van der Waals surface area contributed by atoms with E-state index in [-0.39, 0.29) is 5.56 Å². The number of rotatable bonds is 4. The average Bonchev–Trinajstić information content (AvgIpc) is 3.05. The molecule has 7 nitrogen and oxygen atoms in total. The van der Waals surface area contributed by atoms with E-state index in [2.05, 4.69) is 37.2 Å². The molecule has 9 heteroatoms. The molecule has 2 heterocycles. The number of benzene rings is 1. The van der Waals surface area contributed by atoms with Crippen LogP contribution < -0.4 is 5.32 Å². The predicted octanol–water partition coefficient (Wildman–Crippen LogP) is 2.42. The van der Waals surface area contributed by atoms with Gasteiger partial charge in [0.05, 0.1) is 11.5 Å². The topological polar surface area (TPSA) is 113 Å². The van der Waals surface area contributed by atoms with Crippen molar-refractivity contribution in [2.75, 3.05) is 5.32 Å². The van der Waals surface area contributed by atoms with Crippen molar-refractivity contribution in [2.24, 2.45) is 11.8 Å². The van der Waals surface area contributed by atoms with Gasteiger partial charge in [0.25, 0.3) is 0 Å². The Morgan fingerprint density at radius 3 is 2.00 bits per heavy atom. The Labute approximate surface area is 152 Å². The van der Waals surface area contributed by atoms with Gasteiger partial charge in [-0.05, 0) is 24.3 Å². The van der Waals surface area contributed by atoms with Crippen molar-refractivity contribution in [1.82, 2.24) is 0 Å². The Kier molecular flexibility index (Phi) is 4.50. The zero-order valence-corrected chi connectivity index (χ0v) is 15.1. The number of amides is 1. The van der Waals surface area contributed by atoms with E-state index in [9.17, 15) is 19.5 Å². The van der Waals surface area contributed by atoms with Crippen molar-refractivity contribution in [3.8, 4) is 0 Å². The summed E-state index contributed by atoms with van der Waals surface area (Å²) < 4.78 is 6.84. The predicted molar refractivity (Wildman–Crippen MR) is 90.2 cm³/mol. The van der Waals surface area contributed by atoms with Crippen LogP contribution in [-0.2, 0) is 14.3 Å². The minimum atomic E-state index is -1.11. The highest BCUT2D eigenvalue weighted by Gasteiger charge is 2.58. The van der Waals surface area contributed by atoms with Crippen LogP contribution in [0.3, 0.4) is 0 Å². The third-order valence-electron chi connectivity index (χ3n) is 4.05. The normalized spacial score (nSPS) is 28.1. The summed E-state index contributed by atoms with van der Waals surface area (Å²) in [6.45, 7) is 0. The van der Waals surface area contributed by atoms with E-state index >= 15 is 0 Å². The molecule has 1 amide bonds. The summed E-state index contributed by atoms with van der Waals surface area (Å²) >= 11 is 6.62. The van der Waals surface area contributed by atoms with Crippen LogP contribution in [0.2, 0.25) is 0 Å². The molecule has 2 aliphatic heterocycles. The molecule has 126 valence electrons. The Morgan fingerprint density at radius 1 is 0.958 bits per heavy atom. The quantitative estimate of drug-likeness (QED) is 0.635. The molecule has 3 N–H and O–H groups in total. The van der Waals surface area contributed by atoms with Gasteiger partial charge in [-0.3, -0.25) is 9.59 Å². The minimum Gasteiger partial charge on any atom is -0.481 e. The lowest BCUT2D eigenvalue weighted by Crippen LogP contribution is -2.40. The van der Waals surface area contributed by atoms with E-state index in [1.807, 2.05) is 0 Å². The third-order valence-corrected chi connectivity index (χ3v) is 6.34. The highest BCUT2D eigenvalue weighted by molar-refractivity contribution is 9.14. The number of fused-ring (bicyclic) bond motifs is 2. The summed E-state index contributed by atoms with van der Waals surface area (Å²) in [6.07, 6.45) is -1.37. The number of halogens is 2. The molecule has 2 aliphatic rings. The van der Waals surface area contributed by atoms with Crippen molar-refractivity contribution < 1.29 is 29.3 Å². The molecule has 0 spiro atoms. The number of hydrogen-bond donors (Lipinski definition) is 3. The number of anilines is 1. The average molecular weight is 461 g/mol. The molecule has 2 bridgehead atoms. The minimum absolute atomic E-state index is 0.0919. The highest BCUT2D eigenvalue weighted by atomic mass is 79.9. The summed E-state index contributed by atoms with van der Waals surface area (Å²) in [5.41, 5.74) is 0.477. The molecule has 0 aromatic heterocycles. The monoisotopic (exact) mass is 459 g/mol. The van der Waals surface area contributed by atoms with Gasteiger partial charge in [-0.25, -0.2) is 4.79 Å². The van der Waals surface area contributed by atoms with Gasteiger partial charge >= 0.3 is 11.9 Å². The van der Waals surface area contributed by atoms with Crippen LogP contribution in [0.4, 0.5) is 5.69 Å². The van der Waals surface area contributed by atoms with Gasteiger partial charge in [0.1, 0.15) is 18.1 Å². The number of carboxylic acids is 2. The third kappa shape index (κ3) is 2.76. The Bertz CT molecular complexity index is 760. The van der Waals surface area contributed by atoms with Gasteiger partial charge in [-0.2, -0.15) is 0 Å².